The molecule has 0 bridgehead atoms. The Kier molecular flexibility index (Phi) is 5.62. The van der Waals surface area contributed by atoms with Crippen molar-refractivity contribution in [2.24, 2.45) is 0 Å². The molecule has 3 nitrogen and oxygen atoms in total. The highest BCUT2D eigenvalue weighted by Crippen LogP contribution is 2.35. The van der Waals surface area contributed by atoms with Gasteiger partial charge in [-0.3, -0.25) is 0 Å². The van der Waals surface area contributed by atoms with Gasteiger partial charge in [0.25, 0.3) is 0 Å². The number of anilines is 1. The molecule has 0 aliphatic carbocycles. The highest BCUT2D eigenvalue weighted by atomic mass is 79.9. The number of benzene rings is 2. The second-order valence-electron chi connectivity index (χ2n) is 4.28. The Morgan fingerprint density at radius 1 is 1.10 bits per heavy atom. The van der Waals surface area contributed by atoms with Crippen molar-refractivity contribution in [1.29, 1.82) is 0 Å². The number of halogens is 3. The summed E-state index contributed by atoms with van der Waals surface area (Å²) in [5, 5.41) is 4.49. The molecule has 0 heterocycles. The molecule has 0 atom stereocenters. The Morgan fingerprint density at radius 2 is 1.86 bits per heavy atom. The molecule has 2 aromatic rings. The van der Waals surface area contributed by atoms with Crippen molar-refractivity contribution in [3.8, 4) is 11.5 Å². The third-order valence-corrected chi connectivity index (χ3v) is 3.94. The lowest BCUT2D eigenvalue weighted by molar-refractivity contribution is 0.352. The molecule has 1 N–H and O–H groups in total. The molecular weight excluding hydrogens is 377 g/mol. The molecule has 0 aliphatic heterocycles. The van der Waals surface area contributed by atoms with Crippen LogP contribution < -0.4 is 14.8 Å². The van der Waals surface area contributed by atoms with E-state index in [0.29, 0.717) is 28.1 Å². The normalized spacial score (nSPS) is 10.3. The fraction of sp³-hybridized carbons (Fsp3) is 0.200. The van der Waals surface area contributed by atoms with E-state index in [0.717, 1.165) is 15.7 Å². The molecule has 0 fully saturated rings. The fourth-order valence-electron chi connectivity index (χ4n) is 1.96. The van der Waals surface area contributed by atoms with Gasteiger partial charge in [0.2, 0.25) is 0 Å². The maximum Gasteiger partial charge on any atom is 0.165 e. The molecule has 0 unspecified atom stereocenters. The Balaban J connectivity index is 2.27. The molecule has 0 spiro atoms. The molecule has 0 aromatic heterocycles. The van der Waals surface area contributed by atoms with Gasteiger partial charge >= 0.3 is 0 Å². The van der Waals surface area contributed by atoms with E-state index in [1.165, 1.54) is 0 Å². The topological polar surface area (TPSA) is 30.5 Å². The van der Waals surface area contributed by atoms with Gasteiger partial charge in [0.1, 0.15) is 0 Å². The number of rotatable bonds is 5. The van der Waals surface area contributed by atoms with Crippen LogP contribution in [0.25, 0.3) is 0 Å². The smallest absolute Gasteiger partial charge is 0.165 e. The second-order valence-corrected chi connectivity index (χ2v) is 6.04. The highest BCUT2D eigenvalue weighted by molar-refractivity contribution is 9.10. The number of hydrogen-bond acceptors (Lipinski definition) is 3. The van der Waals surface area contributed by atoms with Gasteiger partial charge in [0.05, 0.1) is 24.9 Å². The summed E-state index contributed by atoms with van der Waals surface area (Å²) < 4.78 is 11.7. The lowest BCUT2D eigenvalue weighted by Crippen LogP contribution is -2.03. The zero-order valence-corrected chi connectivity index (χ0v) is 14.6. The quantitative estimate of drug-likeness (QED) is 0.742. The van der Waals surface area contributed by atoms with Crippen LogP contribution in [0.5, 0.6) is 11.5 Å². The second kappa shape index (κ2) is 7.25. The summed E-state index contributed by atoms with van der Waals surface area (Å²) in [7, 11) is 3.22. The van der Waals surface area contributed by atoms with Gasteiger partial charge in [-0.1, -0.05) is 39.1 Å². The van der Waals surface area contributed by atoms with E-state index in [4.69, 9.17) is 32.7 Å². The third-order valence-electron chi connectivity index (χ3n) is 2.92. The number of hydrogen-bond donors (Lipinski definition) is 1. The summed E-state index contributed by atoms with van der Waals surface area (Å²) in [4.78, 5) is 0. The van der Waals surface area contributed by atoms with Crippen molar-refractivity contribution >= 4 is 44.8 Å². The van der Waals surface area contributed by atoms with Crippen LogP contribution >= 0.6 is 39.1 Å². The molecule has 0 radical (unpaired) electrons. The lowest BCUT2D eigenvalue weighted by atomic mass is 10.1. The minimum atomic E-state index is 0.527. The van der Waals surface area contributed by atoms with Crippen LogP contribution in [0.2, 0.25) is 10.0 Å². The van der Waals surface area contributed by atoms with Crippen molar-refractivity contribution < 1.29 is 9.47 Å². The summed E-state index contributed by atoms with van der Waals surface area (Å²) in [6, 6.07) is 9.11. The van der Waals surface area contributed by atoms with Gasteiger partial charge in [-0.05, 0) is 30.3 Å². The van der Waals surface area contributed by atoms with E-state index in [2.05, 4.69) is 21.2 Å². The molecule has 0 aliphatic rings. The first-order valence-corrected chi connectivity index (χ1v) is 7.69. The van der Waals surface area contributed by atoms with E-state index in [1.807, 2.05) is 12.1 Å². The molecule has 6 heteroatoms. The number of nitrogens with one attached hydrogen (secondary N) is 1. The molecule has 0 amide bonds. The van der Waals surface area contributed by atoms with Gasteiger partial charge in [-0.15, -0.1) is 0 Å². The third kappa shape index (κ3) is 3.96. The van der Waals surface area contributed by atoms with Crippen molar-refractivity contribution in [3.05, 3.63) is 50.4 Å². The van der Waals surface area contributed by atoms with Crippen LogP contribution in [0.15, 0.2) is 34.8 Å². The van der Waals surface area contributed by atoms with Crippen molar-refractivity contribution in [1.82, 2.24) is 0 Å². The van der Waals surface area contributed by atoms with Crippen LogP contribution in [-0.2, 0) is 6.54 Å². The fourth-order valence-corrected chi connectivity index (χ4v) is 2.80. The van der Waals surface area contributed by atoms with Crippen LogP contribution in [0.3, 0.4) is 0 Å². The molecule has 0 saturated carbocycles. The van der Waals surface area contributed by atoms with E-state index < -0.39 is 0 Å². The molecular formula is C15H14BrCl2NO2. The average molecular weight is 391 g/mol. The van der Waals surface area contributed by atoms with Crippen molar-refractivity contribution in [2.75, 3.05) is 19.5 Å². The van der Waals surface area contributed by atoms with Gasteiger partial charge in [0, 0.05) is 21.6 Å². The monoisotopic (exact) mass is 389 g/mol. The Bertz CT molecular complexity index is 650. The summed E-state index contributed by atoms with van der Waals surface area (Å²) >= 11 is 15.6. The summed E-state index contributed by atoms with van der Waals surface area (Å²) in [5.74, 6) is 1.35. The van der Waals surface area contributed by atoms with Gasteiger partial charge in [-0.2, -0.15) is 0 Å². The van der Waals surface area contributed by atoms with E-state index in [9.17, 15) is 0 Å². The van der Waals surface area contributed by atoms with Gasteiger partial charge in [-0.25, -0.2) is 0 Å². The van der Waals surface area contributed by atoms with Crippen molar-refractivity contribution in [3.63, 3.8) is 0 Å². The van der Waals surface area contributed by atoms with Crippen LogP contribution in [0.1, 0.15) is 5.56 Å². The largest absolute Gasteiger partial charge is 0.493 e. The van der Waals surface area contributed by atoms with E-state index >= 15 is 0 Å². The average Bonchev–Trinajstić information content (AvgIpc) is 2.47. The Hall–Kier alpha value is -1.10. The first-order chi connectivity index (χ1) is 10.0. The molecule has 112 valence electrons. The summed E-state index contributed by atoms with van der Waals surface area (Å²) in [6.07, 6.45) is 0. The van der Waals surface area contributed by atoms with Crippen LogP contribution in [0.4, 0.5) is 5.69 Å². The van der Waals surface area contributed by atoms with E-state index in [1.54, 1.807) is 32.4 Å². The van der Waals surface area contributed by atoms with Crippen LogP contribution in [0, 0.1) is 0 Å². The summed E-state index contributed by atoms with van der Waals surface area (Å²) in [5.41, 5.74) is 1.71. The lowest BCUT2D eigenvalue weighted by Gasteiger charge is -2.15. The first-order valence-electron chi connectivity index (χ1n) is 6.14. The van der Waals surface area contributed by atoms with Gasteiger partial charge < -0.3 is 14.8 Å². The molecule has 0 saturated heterocycles. The maximum absolute atomic E-state index is 6.14. The Morgan fingerprint density at radius 3 is 2.52 bits per heavy atom. The predicted molar refractivity (Wildman–Crippen MR) is 91.0 cm³/mol. The SMILES string of the molecule is COc1cc(Br)cc(CNc2cc(Cl)ccc2Cl)c1OC. The van der Waals surface area contributed by atoms with Crippen molar-refractivity contribution in [2.45, 2.75) is 6.54 Å². The number of methoxy groups -OCH3 is 2. The van der Waals surface area contributed by atoms with E-state index in [-0.39, 0.29) is 0 Å². The predicted octanol–water partition coefficient (Wildman–Crippen LogP) is 5.39. The molecule has 2 aromatic carbocycles. The molecule has 21 heavy (non-hydrogen) atoms. The Labute approximate surface area is 142 Å². The minimum Gasteiger partial charge on any atom is -0.493 e. The number of ether oxygens (including phenoxy) is 2. The maximum atomic E-state index is 6.14. The zero-order chi connectivity index (χ0) is 15.4. The minimum absolute atomic E-state index is 0.527. The van der Waals surface area contributed by atoms with Crippen LogP contribution in [-0.4, -0.2) is 14.2 Å². The van der Waals surface area contributed by atoms with Gasteiger partial charge in [0.15, 0.2) is 11.5 Å². The summed E-state index contributed by atoms with van der Waals surface area (Å²) in [6.45, 7) is 0.527. The standard InChI is InChI=1S/C15H14BrCl2NO2/c1-20-14-6-10(16)5-9(15(14)21-2)8-19-13-7-11(17)3-4-12(13)18/h3-7,19H,8H2,1-2H3. The zero-order valence-electron chi connectivity index (χ0n) is 11.5. The first kappa shape index (κ1) is 16.3. The highest BCUT2D eigenvalue weighted by Gasteiger charge is 2.12. The molecule has 2 rings (SSSR count).